The average molecular weight is 409 g/mol. The first-order valence-electron chi connectivity index (χ1n) is 9.50. The molecule has 2 heterocycles. The molecule has 2 aliphatic heterocycles. The Balaban J connectivity index is 1.57. The van der Waals surface area contributed by atoms with Crippen LogP contribution in [0, 0.1) is 11.3 Å². The lowest BCUT2D eigenvalue weighted by molar-refractivity contribution is -0.135. The molecule has 1 aromatic carbocycles. The Morgan fingerprint density at radius 3 is 2.83 bits per heavy atom. The van der Waals surface area contributed by atoms with Crippen LogP contribution in [-0.2, 0) is 9.59 Å². The molecule has 2 fully saturated rings. The number of urea groups is 1. The van der Waals surface area contributed by atoms with Gasteiger partial charge in [0.15, 0.2) is 0 Å². The van der Waals surface area contributed by atoms with E-state index in [0.717, 1.165) is 4.90 Å². The van der Waals surface area contributed by atoms with Crippen LogP contribution in [-0.4, -0.2) is 65.7 Å². The van der Waals surface area contributed by atoms with Gasteiger partial charge in [-0.25, -0.2) is 4.79 Å². The van der Waals surface area contributed by atoms with Crippen LogP contribution in [0.1, 0.15) is 18.4 Å². The number of aliphatic imine (C=N–C) groups is 1. The molecule has 156 valence electrons. The van der Waals surface area contributed by atoms with Crippen molar-refractivity contribution in [3.05, 3.63) is 42.1 Å². The molecule has 2 saturated heterocycles. The fourth-order valence-electron chi connectivity index (χ4n) is 3.52. The number of allylic oxidation sites excluding steroid dienone is 1. The molecule has 10 nitrogen and oxygen atoms in total. The number of rotatable bonds is 6. The van der Waals surface area contributed by atoms with Crippen LogP contribution in [0.2, 0.25) is 0 Å². The molecule has 10 heteroatoms. The van der Waals surface area contributed by atoms with Gasteiger partial charge in [-0.3, -0.25) is 24.4 Å². The third-order valence-electron chi connectivity index (χ3n) is 5.12. The maximum atomic E-state index is 12.9. The predicted octanol–water partition coefficient (Wildman–Crippen LogP) is 0.384. The number of hydrogen-bond donors (Lipinski definition) is 3. The summed E-state index contributed by atoms with van der Waals surface area (Å²) in [6.07, 6.45) is 5.53. The Morgan fingerprint density at radius 1 is 1.37 bits per heavy atom. The van der Waals surface area contributed by atoms with Crippen LogP contribution < -0.4 is 16.4 Å². The second-order valence-corrected chi connectivity index (χ2v) is 7.12. The highest BCUT2D eigenvalue weighted by Gasteiger charge is 2.52. The molecule has 0 radical (unpaired) electrons. The molecular formula is C20H23N7O3. The van der Waals surface area contributed by atoms with Crippen LogP contribution in [0.5, 0.6) is 0 Å². The smallest absolute Gasteiger partial charge is 0.325 e. The zero-order valence-corrected chi connectivity index (χ0v) is 16.4. The lowest BCUT2D eigenvalue weighted by atomic mass is 9.87. The van der Waals surface area contributed by atoms with Crippen molar-refractivity contribution >= 4 is 29.7 Å². The van der Waals surface area contributed by atoms with Crippen molar-refractivity contribution in [3.63, 3.8) is 0 Å². The SMILES string of the molecule is N#Cc1cccc(NC(=O)CN2C(=O)NC3(CCN(C/N=C\C=C/N)CC3)C2=O)c1. The zero-order valence-electron chi connectivity index (χ0n) is 16.4. The van der Waals surface area contributed by atoms with E-state index < -0.39 is 17.5 Å². The van der Waals surface area contributed by atoms with Crippen molar-refractivity contribution in [2.24, 2.45) is 10.7 Å². The van der Waals surface area contributed by atoms with Gasteiger partial charge in [-0.05, 0) is 43.3 Å². The molecule has 1 spiro atoms. The Morgan fingerprint density at radius 2 is 2.13 bits per heavy atom. The molecule has 0 unspecified atom stereocenters. The number of nitriles is 1. The molecule has 2 aliphatic rings. The summed E-state index contributed by atoms with van der Waals surface area (Å²) < 4.78 is 0. The molecule has 3 rings (SSSR count). The number of benzene rings is 1. The molecule has 0 bridgehead atoms. The average Bonchev–Trinajstić information content (AvgIpc) is 2.97. The van der Waals surface area contributed by atoms with Crippen LogP contribution in [0.15, 0.2) is 41.5 Å². The van der Waals surface area contributed by atoms with Gasteiger partial charge in [0, 0.05) is 25.0 Å². The van der Waals surface area contributed by atoms with E-state index in [4.69, 9.17) is 11.0 Å². The number of imide groups is 1. The van der Waals surface area contributed by atoms with E-state index in [-0.39, 0.29) is 12.5 Å². The summed E-state index contributed by atoms with van der Waals surface area (Å²) in [6.45, 7) is 1.28. The van der Waals surface area contributed by atoms with Gasteiger partial charge in [-0.2, -0.15) is 5.26 Å². The highest BCUT2D eigenvalue weighted by molar-refractivity contribution is 6.10. The Kier molecular flexibility index (Phi) is 6.44. The topological polar surface area (TPSA) is 144 Å². The van der Waals surface area contributed by atoms with E-state index in [0.29, 0.717) is 43.9 Å². The van der Waals surface area contributed by atoms with Gasteiger partial charge in [0.05, 0.1) is 18.3 Å². The van der Waals surface area contributed by atoms with Gasteiger partial charge < -0.3 is 16.4 Å². The van der Waals surface area contributed by atoms with Crippen LogP contribution >= 0.6 is 0 Å². The van der Waals surface area contributed by atoms with Gasteiger partial charge in [-0.15, -0.1) is 0 Å². The number of nitrogens with two attached hydrogens (primary N) is 1. The van der Waals surface area contributed by atoms with Crippen LogP contribution in [0.3, 0.4) is 0 Å². The summed E-state index contributed by atoms with van der Waals surface area (Å²) in [6, 6.07) is 7.83. The van der Waals surface area contributed by atoms with Crippen molar-refractivity contribution in [1.82, 2.24) is 15.1 Å². The van der Waals surface area contributed by atoms with Crippen molar-refractivity contribution in [3.8, 4) is 6.07 Å². The molecule has 0 atom stereocenters. The molecule has 4 amide bonds. The molecule has 0 aliphatic carbocycles. The lowest BCUT2D eigenvalue weighted by Crippen LogP contribution is -2.55. The Labute approximate surface area is 174 Å². The van der Waals surface area contributed by atoms with E-state index >= 15 is 0 Å². The van der Waals surface area contributed by atoms with E-state index in [1.165, 1.54) is 12.3 Å². The molecular weight excluding hydrogens is 386 g/mol. The quantitative estimate of drug-likeness (QED) is 0.458. The normalized spacial score (nSPS) is 18.8. The second kappa shape index (κ2) is 9.19. The fraction of sp³-hybridized carbons (Fsp3) is 0.350. The number of anilines is 1. The standard InChI is InChI=1S/C20H23N7O3/c21-7-2-8-23-14-26-9-5-20(6-10-26)18(29)27(19(30)25-20)13-17(28)24-16-4-1-3-15(11-16)12-22/h1-4,7-8,11H,5-6,9-10,13-14,21H2,(H,24,28)(H,25,30)/b7-2-,23-8-. The summed E-state index contributed by atoms with van der Waals surface area (Å²) in [5, 5.41) is 14.3. The first kappa shape index (κ1) is 21.0. The second-order valence-electron chi connectivity index (χ2n) is 7.12. The number of piperidine rings is 1. The summed E-state index contributed by atoms with van der Waals surface area (Å²) in [5.74, 6) is -0.895. The summed E-state index contributed by atoms with van der Waals surface area (Å²) in [7, 11) is 0. The molecule has 1 aromatic rings. The van der Waals surface area contributed by atoms with Gasteiger partial charge in [0.1, 0.15) is 12.1 Å². The maximum Gasteiger partial charge on any atom is 0.325 e. The number of likely N-dealkylation sites (tertiary alicyclic amines) is 1. The Hall–Kier alpha value is -3.71. The molecule has 30 heavy (non-hydrogen) atoms. The monoisotopic (exact) mass is 409 g/mol. The van der Waals surface area contributed by atoms with Gasteiger partial charge >= 0.3 is 6.03 Å². The maximum absolute atomic E-state index is 12.9. The third-order valence-corrected chi connectivity index (χ3v) is 5.12. The van der Waals surface area contributed by atoms with Crippen LogP contribution in [0.25, 0.3) is 0 Å². The predicted molar refractivity (Wildman–Crippen MR) is 110 cm³/mol. The van der Waals surface area contributed by atoms with Crippen LogP contribution in [0.4, 0.5) is 10.5 Å². The van der Waals surface area contributed by atoms with Crippen molar-refractivity contribution in [1.29, 1.82) is 5.26 Å². The molecule has 4 N–H and O–H groups in total. The number of nitrogens with zero attached hydrogens (tertiary/aromatic N) is 4. The van der Waals surface area contributed by atoms with Gasteiger partial charge in [-0.1, -0.05) is 6.07 Å². The number of nitrogens with one attached hydrogen (secondary N) is 2. The van der Waals surface area contributed by atoms with Gasteiger partial charge in [0.25, 0.3) is 5.91 Å². The van der Waals surface area contributed by atoms with Gasteiger partial charge in [0.2, 0.25) is 5.91 Å². The van der Waals surface area contributed by atoms with Crippen molar-refractivity contribution in [2.75, 3.05) is 31.6 Å². The summed E-state index contributed by atoms with van der Waals surface area (Å²) >= 11 is 0. The number of carbonyl (C=O) groups excluding carboxylic acids is 3. The van der Waals surface area contributed by atoms with Crippen molar-refractivity contribution < 1.29 is 14.4 Å². The van der Waals surface area contributed by atoms with E-state index in [1.54, 1.807) is 30.5 Å². The molecule has 0 aromatic heterocycles. The minimum absolute atomic E-state index is 0.386. The Bertz CT molecular complexity index is 927. The number of carbonyl (C=O) groups is 3. The van der Waals surface area contributed by atoms with Crippen molar-refractivity contribution in [2.45, 2.75) is 18.4 Å². The third kappa shape index (κ3) is 4.64. The lowest BCUT2D eigenvalue weighted by Gasteiger charge is -2.36. The summed E-state index contributed by atoms with van der Waals surface area (Å²) in [4.78, 5) is 44.9. The zero-order chi connectivity index (χ0) is 21.6. The highest BCUT2D eigenvalue weighted by atomic mass is 16.2. The van der Waals surface area contributed by atoms with E-state index in [9.17, 15) is 14.4 Å². The first-order chi connectivity index (χ1) is 14.5. The minimum atomic E-state index is -0.977. The van der Waals surface area contributed by atoms with E-state index in [2.05, 4.69) is 20.5 Å². The summed E-state index contributed by atoms with van der Waals surface area (Å²) in [5.41, 5.74) is 5.10. The molecule has 0 saturated carbocycles. The number of hydrogen-bond acceptors (Lipinski definition) is 7. The number of amides is 4. The first-order valence-corrected chi connectivity index (χ1v) is 9.50. The minimum Gasteiger partial charge on any atom is -0.405 e. The van der Waals surface area contributed by atoms with E-state index in [1.807, 2.05) is 6.07 Å². The fourth-order valence-corrected chi connectivity index (χ4v) is 3.52. The highest BCUT2D eigenvalue weighted by Crippen LogP contribution is 2.29. The largest absolute Gasteiger partial charge is 0.405 e.